The molecule has 2 heterocycles. The molecule has 1 aromatic carbocycles. The van der Waals surface area contributed by atoms with Crippen LogP contribution in [0, 0.1) is 10.1 Å². The maximum absolute atomic E-state index is 12.4. The molecule has 2 aromatic heterocycles. The largest absolute Gasteiger partial charge is 0.332 e. The first kappa shape index (κ1) is 18.5. The molecule has 0 unspecified atom stereocenters. The number of benzene rings is 1. The first-order valence-corrected chi connectivity index (χ1v) is 8.36. The molecule has 0 atom stereocenters. The van der Waals surface area contributed by atoms with Crippen LogP contribution in [0.4, 0.5) is 11.4 Å². The number of nitrogens with zero attached hydrogens (tertiary/aromatic N) is 5. The van der Waals surface area contributed by atoms with E-state index >= 15 is 0 Å². The van der Waals surface area contributed by atoms with E-state index < -0.39 is 22.1 Å². The van der Waals surface area contributed by atoms with E-state index in [1.165, 1.54) is 41.4 Å². The molecule has 0 spiro atoms. The minimum Gasteiger partial charge on any atom is -0.319 e. The lowest BCUT2D eigenvalue weighted by atomic mass is 10.2. The number of nitro benzene ring substituents is 1. The molecule has 0 aliphatic heterocycles. The summed E-state index contributed by atoms with van der Waals surface area (Å²) in [5.74, 6) is -0.586. The van der Waals surface area contributed by atoms with Gasteiger partial charge in [0.1, 0.15) is 12.2 Å². The lowest BCUT2D eigenvalue weighted by Crippen LogP contribution is -2.37. The lowest BCUT2D eigenvalue weighted by molar-refractivity contribution is -0.383. The summed E-state index contributed by atoms with van der Waals surface area (Å²) in [6, 6.07) is 5.71. The third kappa shape index (κ3) is 3.14. The summed E-state index contributed by atoms with van der Waals surface area (Å²) in [6.07, 6.45) is 0. The van der Waals surface area contributed by atoms with E-state index in [0.717, 1.165) is 4.57 Å². The predicted octanol–water partition coefficient (Wildman–Crippen LogP) is 0.743. The highest BCUT2D eigenvalue weighted by molar-refractivity contribution is 9.10. The topological polar surface area (TPSA) is 134 Å². The second kappa shape index (κ2) is 6.79. The van der Waals surface area contributed by atoms with Crippen molar-refractivity contribution in [3.05, 3.63) is 60.0 Å². The third-order valence-corrected chi connectivity index (χ3v) is 4.58. The molecule has 0 fully saturated rings. The molecule has 1 amide bonds. The first-order chi connectivity index (χ1) is 12.7. The van der Waals surface area contributed by atoms with E-state index in [0.29, 0.717) is 0 Å². The number of halogens is 1. The van der Waals surface area contributed by atoms with Gasteiger partial charge in [-0.15, -0.1) is 0 Å². The van der Waals surface area contributed by atoms with Gasteiger partial charge in [0, 0.05) is 20.2 Å². The SMILES string of the molecule is Cn1c(=O)c2nc(Br)n(CC(=O)Nc3ccccc3[N+](=O)[O-])c2n(C)c1=O. The lowest BCUT2D eigenvalue weighted by Gasteiger charge is -2.10. The number of aryl methyl sites for hydroxylation is 1. The van der Waals surface area contributed by atoms with E-state index in [9.17, 15) is 24.5 Å². The average molecular weight is 437 g/mol. The van der Waals surface area contributed by atoms with Crippen molar-refractivity contribution in [3.63, 3.8) is 0 Å². The number of anilines is 1. The van der Waals surface area contributed by atoms with Crippen LogP contribution >= 0.6 is 15.9 Å². The van der Waals surface area contributed by atoms with Gasteiger partial charge in [0.2, 0.25) is 5.91 Å². The molecular weight excluding hydrogens is 424 g/mol. The highest BCUT2D eigenvalue weighted by Crippen LogP contribution is 2.23. The zero-order valence-electron chi connectivity index (χ0n) is 14.2. The Balaban J connectivity index is 2.02. The Hall–Kier alpha value is -3.28. The summed E-state index contributed by atoms with van der Waals surface area (Å²) in [6.45, 7) is -0.316. The van der Waals surface area contributed by atoms with Gasteiger partial charge in [-0.25, -0.2) is 9.78 Å². The number of hydrogen-bond acceptors (Lipinski definition) is 6. The van der Waals surface area contributed by atoms with Gasteiger partial charge in [0.15, 0.2) is 15.9 Å². The van der Waals surface area contributed by atoms with Crippen LogP contribution in [0.3, 0.4) is 0 Å². The van der Waals surface area contributed by atoms with Gasteiger partial charge in [-0.05, 0) is 22.0 Å². The molecule has 3 rings (SSSR count). The Morgan fingerprint density at radius 1 is 1.26 bits per heavy atom. The Bertz CT molecular complexity index is 1210. The molecular formula is C15H13BrN6O5. The van der Waals surface area contributed by atoms with E-state index in [-0.39, 0.29) is 33.8 Å². The number of fused-ring (bicyclic) bond motifs is 1. The van der Waals surface area contributed by atoms with Crippen molar-refractivity contribution in [1.29, 1.82) is 0 Å². The number of imidazole rings is 1. The van der Waals surface area contributed by atoms with Crippen molar-refractivity contribution in [3.8, 4) is 0 Å². The first-order valence-electron chi connectivity index (χ1n) is 7.57. The minimum atomic E-state index is -0.606. The molecule has 27 heavy (non-hydrogen) atoms. The number of amides is 1. The number of aromatic nitrogens is 4. The number of carbonyl (C=O) groups excluding carboxylic acids is 1. The summed E-state index contributed by atoms with van der Waals surface area (Å²) < 4.78 is 3.63. The second-order valence-corrected chi connectivity index (χ2v) is 6.38. The van der Waals surface area contributed by atoms with Gasteiger partial charge in [0.25, 0.3) is 11.2 Å². The fourth-order valence-electron chi connectivity index (χ4n) is 2.67. The molecule has 0 saturated carbocycles. The van der Waals surface area contributed by atoms with E-state index in [2.05, 4.69) is 26.2 Å². The van der Waals surface area contributed by atoms with Crippen LogP contribution in [0.1, 0.15) is 0 Å². The third-order valence-electron chi connectivity index (χ3n) is 3.97. The summed E-state index contributed by atoms with van der Waals surface area (Å²) >= 11 is 3.18. The van der Waals surface area contributed by atoms with Crippen LogP contribution in [0.2, 0.25) is 0 Å². The molecule has 140 valence electrons. The van der Waals surface area contributed by atoms with Crippen molar-refractivity contribution in [2.24, 2.45) is 14.1 Å². The smallest absolute Gasteiger partial charge is 0.319 e. The molecule has 3 aromatic rings. The van der Waals surface area contributed by atoms with Crippen molar-refractivity contribution in [2.45, 2.75) is 6.54 Å². The van der Waals surface area contributed by atoms with Crippen molar-refractivity contribution < 1.29 is 9.72 Å². The minimum absolute atomic E-state index is 0.0185. The molecule has 0 aliphatic rings. The number of rotatable bonds is 4. The predicted molar refractivity (Wildman–Crippen MR) is 99.6 cm³/mol. The van der Waals surface area contributed by atoms with Crippen LogP contribution in [0.15, 0.2) is 38.6 Å². The Kier molecular flexibility index (Phi) is 4.66. The summed E-state index contributed by atoms with van der Waals surface area (Å²) in [7, 11) is 2.78. The van der Waals surface area contributed by atoms with Crippen molar-refractivity contribution in [1.82, 2.24) is 18.7 Å². The standard InChI is InChI=1S/C15H13BrN6O5/c1-19-12-11(13(24)20(2)15(19)25)18-14(16)21(12)7-10(23)17-8-5-3-4-6-9(8)22(26)27/h3-6H,7H2,1-2H3,(H,17,23). The maximum atomic E-state index is 12.4. The summed E-state index contributed by atoms with van der Waals surface area (Å²) in [4.78, 5) is 51.4. The highest BCUT2D eigenvalue weighted by Gasteiger charge is 2.21. The van der Waals surface area contributed by atoms with Crippen LogP contribution < -0.4 is 16.6 Å². The van der Waals surface area contributed by atoms with Crippen molar-refractivity contribution >= 4 is 44.4 Å². The number of hydrogen-bond donors (Lipinski definition) is 1. The average Bonchev–Trinajstić information content (AvgIpc) is 2.95. The van der Waals surface area contributed by atoms with Crippen LogP contribution in [-0.4, -0.2) is 29.5 Å². The van der Waals surface area contributed by atoms with Gasteiger partial charge in [0.05, 0.1) is 4.92 Å². The maximum Gasteiger partial charge on any atom is 0.332 e. The molecule has 0 saturated heterocycles. The van der Waals surface area contributed by atoms with E-state index in [4.69, 9.17) is 0 Å². The van der Waals surface area contributed by atoms with Crippen LogP contribution in [-0.2, 0) is 25.4 Å². The molecule has 0 radical (unpaired) electrons. The summed E-state index contributed by atoms with van der Waals surface area (Å²) in [5.41, 5.74) is -1.19. The van der Waals surface area contributed by atoms with Gasteiger partial charge < -0.3 is 5.32 Å². The normalized spacial score (nSPS) is 10.9. The van der Waals surface area contributed by atoms with Gasteiger partial charge >= 0.3 is 5.69 Å². The number of carbonyl (C=O) groups is 1. The van der Waals surface area contributed by atoms with Crippen LogP contribution in [0.5, 0.6) is 0 Å². The fraction of sp³-hybridized carbons (Fsp3) is 0.200. The zero-order valence-corrected chi connectivity index (χ0v) is 15.8. The zero-order chi connectivity index (χ0) is 19.9. The van der Waals surface area contributed by atoms with Crippen LogP contribution in [0.25, 0.3) is 11.2 Å². The van der Waals surface area contributed by atoms with E-state index in [1.54, 1.807) is 6.07 Å². The van der Waals surface area contributed by atoms with Gasteiger partial charge in [-0.3, -0.25) is 33.4 Å². The number of nitro groups is 1. The second-order valence-electron chi connectivity index (χ2n) is 5.67. The summed E-state index contributed by atoms with van der Waals surface area (Å²) in [5, 5.41) is 13.5. The highest BCUT2D eigenvalue weighted by atomic mass is 79.9. The Morgan fingerprint density at radius 3 is 2.59 bits per heavy atom. The monoisotopic (exact) mass is 436 g/mol. The van der Waals surface area contributed by atoms with Gasteiger partial charge in [-0.1, -0.05) is 12.1 Å². The molecule has 11 nitrogen and oxygen atoms in total. The Labute approximate surface area is 159 Å². The van der Waals surface area contributed by atoms with E-state index in [1.807, 2.05) is 0 Å². The molecule has 0 aliphatic carbocycles. The van der Waals surface area contributed by atoms with Crippen molar-refractivity contribution in [2.75, 3.05) is 5.32 Å². The molecule has 1 N–H and O–H groups in total. The van der Waals surface area contributed by atoms with Gasteiger partial charge in [-0.2, -0.15) is 0 Å². The Morgan fingerprint density at radius 2 is 1.93 bits per heavy atom. The number of para-hydroxylation sites is 2. The molecule has 12 heteroatoms. The number of nitrogens with one attached hydrogen (secondary N) is 1. The molecule has 0 bridgehead atoms. The fourth-order valence-corrected chi connectivity index (χ4v) is 3.15. The quantitative estimate of drug-likeness (QED) is 0.364.